The van der Waals surface area contributed by atoms with E-state index in [9.17, 15) is 4.79 Å². The molecule has 0 amide bonds. The minimum atomic E-state index is -0.184. The van der Waals surface area contributed by atoms with Gasteiger partial charge in [0.2, 0.25) is 0 Å². The van der Waals surface area contributed by atoms with Gasteiger partial charge in [0.05, 0.1) is 5.56 Å². The van der Waals surface area contributed by atoms with Crippen LogP contribution in [0.2, 0.25) is 0 Å². The van der Waals surface area contributed by atoms with E-state index >= 15 is 0 Å². The lowest BCUT2D eigenvalue weighted by molar-refractivity contribution is 0.0108. The Morgan fingerprint density at radius 1 is 1.39 bits per heavy atom. The average molecular weight is 247 g/mol. The zero-order chi connectivity index (χ0) is 13.1. The Labute approximate surface area is 109 Å². The topological polar surface area (TPSA) is 29.5 Å². The van der Waals surface area contributed by atoms with E-state index in [2.05, 4.69) is 11.9 Å². The van der Waals surface area contributed by atoms with Crippen LogP contribution < -0.4 is 0 Å². The molecule has 3 heteroatoms. The summed E-state index contributed by atoms with van der Waals surface area (Å²) < 4.78 is 5.60. The SMILES string of the molecule is Cc1cccc(C(=O)O[C@@H]2CCCN(C)C2)c1C. The number of piperidine rings is 1. The van der Waals surface area contributed by atoms with Gasteiger partial charge in [0.15, 0.2) is 0 Å². The quantitative estimate of drug-likeness (QED) is 0.752. The second-order valence-electron chi connectivity index (χ2n) is 5.18. The van der Waals surface area contributed by atoms with E-state index in [1.807, 2.05) is 32.0 Å². The zero-order valence-electron chi connectivity index (χ0n) is 11.4. The van der Waals surface area contributed by atoms with E-state index < -0.39 is 0 Å². The minimum absolute atomic E-state index is 0.0381. The first-order valence-corrected chi connectivity index (χ1v) is 6.53. The molecule has 1 fully saturated rings. The molecule has 1 aromatic rings. The third kappa shape index (κ3) is 2.91. The maximum absolute atomic E-state index is 12.2. The number of rotatable bonds is 2. The predicted octanol–water partition coefficient (Wildman–Crippen LogP) is 2.55. The van der Waals surface area contributed by atoms with Crippen LogP contribution in [0.4, 0.5) is 0 Å². The maximum atomic E-state index is 12.2. The Balaban J connectivity index is 2.05. The van der Waals surface area contributed by atoms with Gasteiger partial charge in [0.1, 0.15) is 6.10 Å². The molecule has 1 saturated heterocycles. The fourth-order valence-electron chi connectivity index (χ4n) is 2.40. The number of hydrogen-bond donors (Lipinski definition) is 0. The summed E-state index contributed by atoms with van der Waals surface area (Å²) in [4.78, 5) is 14.4. The lowest BCUT2D eigenvalue weighted by atomic mass is 10.0. The number of likely N-dealkylation sites (N-methyl/N-ethyl adjacent to an activating group) is 1. The summed E-state index contributed by atoms with van der Waals surface area (Å²) >= 11 is 0. The van der Waals surface area contributed by atoms with Crippen molar-refractivity contribution in [3.63, 3.8) is 0 Å². The number of likely N-dealkylation sites (tertiary alicyclic amines) is 1. The largest absolute Gasteiger partial charge is 0.457 e. The van der Waals surface area contributed by atoms with E-state index in [1.54, 1.807) is 0 Å². The van der Waals surface area contributed by atoms with Gasteiger partial charge >= 0.3 is 5.97 Å². The fraction of sp³-hybridized carbons (Fsp3) is 0.533. The normalized spacial score (nSPS) is 20.7. The lowest BCUT2D eigenvalue weighted by Crippen LogP contribution is -2.38. The van der Waals surface area contributed by atoms with Crippen LogP contribution in [-0.4, -0.2) is 37.1 Å². The molecule has 0 radical (unpaired) electrons. The predicted molar refractivity (Wildman–Crippen MR) is 71.9 cm³/mol. The van der Waals surface area contributed by atoms with Crippen LogP contribution in [-0.2, 0) is 4.74 Å². The maximum Gasteiger partial charge on any atom is 0.338 e. The van der Waals surface area contributed by atoms with Crippen molar-refractivity contribution in [2.75, 3.05) is 20.1 Å². The van der Waals surface area contributed by atoms with E-state index in [1.165, 1.54) is 0 Å². The van der Waals surface area contributed by atoms with Crippen LogP contribution in [0.15, 0.2) is 18.2 Å². The molecule has 0 bridgehead atoms. The zero-order valence-corrected chi connectivity index (χ0v) is 11.4. The molecule has 0 spiro atoms. The van der Waals surface area contributed by atoms with Gasteiger partial charge in [-0.05, 0) is 57.5 Å². The van der Waals surface area contributed by atoms with Crippen molar-refractivity contribution in [2.24, 2.45) is 0 Å². The van der Waals surface area contributed by atoms with Crippen LogP contribution in [0.5, 0.6) is 0 Å². The molecule has 18 heavy (non-hydrogen) atoms. The standard InChI is InChI=1S/C15H21NO2/c1-11-6-4-8-14(12(11)2)15(17)18-13-7-5-9-16(3)10-13/h4,6,8,13H,5,7,9-10H2,1-3H3/t13-/m1/s1. The van der Waals surface area contributed by atoms with Gasteiger partial charge in [0, 0.05) is 6.54 Å². The van der Waals surface area contributed by atoms with Crippen molar-refractivity contribution in [1.82, 2.24) is 4.90 Å². The first-order chi connectivity index (χ1) is 8.58. The van der Waals surface area contributed by atoms with Crippen molar-refractivity contribution in [2.45, 2.75) is 32.8 Å². The van der Waals surface area contributed by atoms with E-state index in [-0.39, 0.29) is 12.1 Å². The highest BCUT2D eigenvalue weighted by Crippen LogP contribution is 2.17. The number of carbonyl (C=O) groups excluding carboxylic acids is 1. The first kappa shape index (κ1) is 13.1. The van der Waals surface area contributed by atoms with Gasteiger partial charge in [-0.2, -0.15) is 0 Å². The first-order valence-electron chi connectivity index (χ1n) is 6.53. The minimum Gasteiger partial charge on any atom is -0.457 e. The molecule has 0 aliphatic carbocycles. The Morgan fingerprint density at radius 2 is 2.17 bits per heavy atom. The monoisotopic (exact) mass is 247 g/mol. The van der Waals surface area contributed by atoms with Gasteiger partial charge in [-0.25, -0.2) is 4.79 Å². The number of nitrogens with zero attached hydrogens (tertiary/aromatic N) is 1. The Morgan fingerprint density at radius 3 is 2.89 bits per heavy atom. The lowest BCUT2D eigenvalue weighted by Gasteiger charge is -2.29. The Kier molecular flexibility index (Phi) is 4.02. The van der Waals surface area contributed by atoms with Crippen LogP contribution in [0, 0.1) is 13.8 Å². The second-order valence-corrected chi connectivity index (χ2v) is 5.18. The average Bonchev–Trinajstić information content (AvgIpc) is 2.32. The molecular weight excluding hydrogens is 226 g/mol. The summed E-state index contributed by atoms with van der Waals surface area (Å²) in [6.45, 7) is 5.92. The molecule has 1 heterocycles. The molecule has 1 atom stereocenters. The van der Waals surface area contributed by atoms with Crippen LogP contribution in [0.25, 0.3) is 0 Å². The summed E-state index contributed by atoms with van der Waals surface area (Å²) in [6.07, 6.45) is 2.11. The second kappa shape index (κ2) is 5.53. The Bertz CT molecular complexity index is 442. The van der Waals surface area contributed by atoms with E-state index in [4.69, 9.17) is 4.74 Å². The van der Waals surface area contributed by atoms with Crippen molar-refractivity contribution < 1.29 is 9.53 Å². The van der Waals surface area contributed by atoms with Gasteiger partial charge < -0.3 is 9.64 Å². The number of benzene rings is 1. The van der Waals surface area contributed by atoms with Gasteiger partial charge in [0.25, 0.3) is 0 Å². The molecular formula is C15H21NO2. The number of aryl methyl sites for hydroxylation is 1. The summed E-state index contributed by atoms with van der Waals surface area (Å²) in [6, 6.07) is 5.77. The molecule has 0 N–H and O–H groups in total. The smallest absolute Gasteiger partial charge is 0.338 e. The van der Waals surface area contributed by atoms with Gasteiger partial charge in [-0.1, -0.05) is 12.1 Å². The highest BCUT2D eigenvalue weighted by atomic mass is 16.5. The third-order valence-corrected chi connectivity index (χ3v) is 3.68. The highest BCUT2D eigenvalue weighted by molar-refractivity contribution is 5.91. The summed E-state index contributed by atoms with van der Waals surface area (Å²) in [5.74, 6) is -0.184. The van der Waals surface area contributed by atoms with Crippen LogP contribution in [0.1, 0.15) is 34.3 Å². The van der Waals surface area contributed by atoms with E-state index in [0.29, 0.717) is 5.56 Å². The number of carbonyl (C=O) groups is 1. The molecule has 2 rings (SSSR count). The third-order valence-electron chi connectivity index (χ3n) is 3.68. The number of ether oxygens (including phenoxy) is 1. The molecule has 3 nitrogen and oxygen atoms in total. The van der Waals surface area contributed by atoms with Crippen molar-refractivity contribution >= 4 is 5.97 Å². The molecule has 0 aromatic heterocycles. The molecule has 1 aliphatic heterocycles. The molecule has 98 valence electrons. The number of esters is 1. The molecule has 1 aliphatic rings. The van der Waals surface area contributed by atoms with Crippen molar-refractivity contribution in [1.29, 1.82) is 0 Å². The highest BCUT2D eigenvalue weighted by Gasteiger charge is 2.22. The van der Waals surface area contributed by atoms with Crippen molar-refractivity contribution in [3.8, 4) is 0 Å². The van der Waals surface area contributed by atoms with Crippen LogP contribution in [0.3, 0.4) is 0 Å². The summed E-state index contributed by atoms with van der Waals surface area (Å²) in [5, 5.41) is 0. The Hall–Kier alpha value is -1.35. The van der Waals surface area contributed by atoms with Crippen LogP contribution >= 0.6 is 0 Å². The van der Waals surface area contributed by atoms with Gasteiger partial charge in [-0.3, -0.25) is 0 Å². The molecule has 0 saturated carbocycles. The van der Waals surface area contributed by atoms with E-state index in [0.717, 1.165) is 37.1 Å². The molecule has 1 aromatic carbocycles. The van der Waals surface area contributed by atoms with Crippen molar-refractivity contribution in [3.05, 3.63) is 34.9 Å². The van der Waals surface area contributed by atoms with Gasteiger partial charge in [-0.15, -0.1) is 0 Å². The fourth-order valence-corrected chi connectivity index (χ4v) is 2.40. The summed E-state index contributed by atoms with van der Waals surface area (Å²) in [5.41, 5.74) is 2.85. The summed E-state index contributed by atoms with van der Waals surface area (Å²) in [7, 11) is 2.07. The molecule has 0 unspecified atom stereocenters. The number of hydrogen-bond acceptors (Lipinski definition) is 3.